The first kappa shape index (κ1) is 14.4. The third kappa shape index (κ3) is 4.16. The van der Waals surface area contributed by atoms with Gasteiger partial charge in [0, 0.05) is 40.5 Å². The molecule has 0 aromatic rings. The predicted octanol–water partition coefficient (Wildman–Crippen LogP) is 0.864. The van der Waals surface area contributed by atoms with Crippen molar-refractivity contribution in [3.63, 3.8) is 0 Å². The SMILES string of the molecule is CCN(CC[Si](OC)(OC)OC)C(=O)O. The Balaban J connectivity index is 4.25. The minimum absolute atomic E-state index is 0.355. The van der Waals surface area contributed by atoms with E-state index < -0.39 is 14.9 Å². The molecule has 0 unspecified atom stereocenters. The van der Waals surface area contributed by atoms with Crippen LogP contribution in [0.2, 0.25) is 6.04 Å². The van der Waals surface area contributed by atoms with Gasteiger partial charge in [0.2, 0.25) is 0 Å². The molecule has 0 rings (SSSR count). The Bertz CT molecular complexity index is 189. The molecule has 0 aromatic carbocycles. The molecule has 1 N–H and O–H groups in total. The molecular weight excluding hydrogens is 218 g/mol. The average Bonchev–Trinajstić information content (AvgIpc) is 2.25. The van der Waals surface area contributed by atoms with Gasteiger partial charge in [0.15, 0.2) is 0 Å². The van der Waals surface area contributed by atoms with E-state index in [0.29, 0.717) is 19.1 Å². The molecular formula is C8H19NO5Si. The van der Waals surface area contributed by atoms with Crippen molar-refractivity contribution < 1.29 is 23.2 Å². The van der Waals surface area contributed by atoms with E-state index >= 15 is 0 Å². The van der Waals surface area contributed by atoms with Crippen LogP contribution in [-0.2, 0) is 13.3 Å². The maximum Gasteiger partial charge on any atom is 0.501 e. The Morgan fingerprint density at radius 3 is 2.00 bits per heavy atom. The normalized spacial score (nSPS) is 11.5. The first-order valence-corrected chi connectivity index (χ1v) is 6.61. The first-order valence-electron chi connectivity index (χ1n) is 4.68. The minimum atomic E-state index is -2.65. The molecule has 0 saturated heterocycles. The summed E-state index contributed by atoms with van der Waals surface area (Å²) in [7, 11) is 1.88. The van der Waals surface area contributed by atoms with Crippen molar-refractivity contribution in [1.29, 1.82) is 0 Å². The maximum atomic E-state index is 10.7. The molecule has 7 heteroatoms. The highest BCUT2D eigenvalue weighted by molar-refractivity contribution is 6.60. The molecule has 0 atom stereocenters. The van der Waals surface area contributed by atoms with Gasteiger partial charge in [-0.05, 0) is 6.92 Å². The van der Waals surface area contributed by atoms with E-state index in [1.54, 1.807) is 6.92 Å². The number of hydrogen-bond donors (Lipinski definition) is 1. The Morgan fingerprint density at radius 2 is 1.73 bits per heavy atom. The summed E-state index contributed by atoms with van der Waals surface area (Å²) in [6.45, 7) is 2.58. The highest BCUT2D eigenvalue weighted by Crippen LogP contribution is 2.13. The van der Waals surface area contributed by atoms with E-state index in [9.17, 15) is 4.79 Å². The lowest BCUT2D eigenvalue weighted by Gasteiger charge is -2.26. The van der Waals surface area contributed by atoms with E-state index in [-0.39, 0.29) is 0 Å². The Hall–Kier alpha value is -0.633. The van der Waals surface area contributed by atoms with Gasteiger partial charge in [-0.25, -0.2) is 4.79 Å². The highest BCUT2D eigenvalue weighted by atomic mass is 28.4. The number of rotatable bonds is 7. The lowest BCUT2D eigenvalue weighted by Crippen LogP contribution is -2.46. The van der Waals surface area contributed by atoms with Crippen molar-refractivity contribution in [2.45, 2.75) is 13.0 Å². The van der Waals surface area contributed by atoms with Crippen LogP contribution < -0.4 is 0 Å². The number of amides is 1. The molecule has 90 valence electrons. The van der Waals surface area contributed by atoms with Gasteiger partial charge in [0.05, 0.1) is 0 Å². The van der Waals surface area contributed by atoms with E-state index in [1.165, 1.54) is 26.2 Å². The number of hydrogen-bond acceptors (Lipinski definition) is 4. The van der Waals surface area contributed by atoms with Crippen LogP contribution in [0.15, 0.2) is 0 Å². The predicted molar refractivity (Wildman–Crippen MR) is 56.9 cm³/mol. The number of carboxylic acid groups (broad SMARTS) is 1. The third-order valence-electron chi connectivity index (χ3n) is 2.27. The fourth-order valence-corrected chi connectivity index (χ4v) is 2.87. The summed E-state index contributed by atoms with van der Waals surface area (Å²) in [5.41, 5.74) is 0. The summed E-state index contributed by atoms with van der Waals surface area (Å²) in [4.78, 5) is 12.0. The van der Waals surface area contributed by atoms with Crippen molar-refractivity contribution in [1.82, 2.24) is 4.90 Å². The van der Waals surface area contributed by atoms with Crippen LogP contribution in [0, 0.1) is 0 Å². The lowest BCUT2D eigenvalue weighted by atomic mass is 10.5. The monoisotopic (exact) mass is 237 g/mol. The van der Waals surface area contributed by atoms with E-state index in [0.717, 1.165) is 0 Å². The molecule has 0 aliphatic carbocycles. The van der Waals surface area contributed by atoms with Crippen LogP contribution in [-0.4, -0.2) is 59.3 Å². The Labute approximate surface area is 91.1 Å². The average molecular weight is 237 g/mol. The molecule has 0 saturated carbocycles. The quantitative estimate of drug-likeness (QED) is 0.665. The molecule has 0 aromatic heterocycles. The Morgan fingerprint density at radius 1 is 1.27 bits per heavy atom. The van der Waals surface area contributed by atoms with Gasteiger partial charge in [-0.1, -0.05) is 0 Å². The molecule has 0 heterocycles. The molecule has 0 aliphatic rings. The van der Waals surface area contributed by atoms with Crippen LogP contribution in [0.4, 0.5) is 4.79 Å². The van der Waals surface area contributed by atoms with Gasteiger partial charge in [0.25, 0.3) is 0 Å². The standard InChI is InChI=1S/C8H19NO5Si/c1-5-9(8(10)11)6-7-15(12-2,13-3)14-4/h5-7H2,1-4H3,(H,10,11). The van der Waals surface area contributed by atoms with Crippen LogP contribution in [0.3, 0.4) is 0 Å². The molecule has 1 amide bonds. The molecule has 0 spiro atoms. The van der Waals surface area contributed by atoms with Crippen LogP contribution in [0.1, 0.15) is 6.92 Å². The second-order valence-electron chi connectivity index (χ2n) is 2.91. The van der Waals surface area contributed by atoms with Gasteiger partial charge in [-0.15, -0.1) is 0 Å². The van der Waals surface area contributed by atoms with Crippen molar-refractivity contribution in [3.8, 4) is 0 Å². The van der Waals surface area contributed by atoms with E-state index in [2.05, 4.69) is 0 Å². The van der Waals surface area contributed by atoms with Gasteiger partial charge in [-0.3, -0.25) is 0 Å². The maximum absolute atomic E-state index is 10.7. The molecule has 15 heavy (non-hydrogen) atoms. The molecule has 0 fully saturated rings. The topological polar surface area (TPSA) is 68.2 Å². The summed E-state index contributed by atoms with van der Waals surface area (Å²) in [5, 5.41) is 8.81. The third-order valence-corrected chi connectivity index (χ3v) is 4.98. The van der Waals surface area contributed by atoms with E-state index in [4.69, 9.17) is 18.4 Å². The zero-order valence-corrected chi connectivity index (χ0v) is 10.6. The summed E-state index contributed by atoms with van der Waals surface area (Å²) < 4.78 is 15.6. The van der Waals surface area contributed by atoms with Crippen molar-refractivity contribution in [3.05, 3.63) is 0 Å². The zero-order chi connectivity index (χ0) is 11.9. The van der Waals surface area contributed by atoms with E-state index in [1.807, 2.05) is 0 Å². The lowest BCUT2D eigenvalue weighted by molar-refractivity contribution is 0.115. The molecule has 0 radical (unpaired) electrons. The summed E-state index contributed by atoms with van der Waals surface area (Å²) in [6, 6.07) is 0.455. The fraction of sp³-hybridized carbons (Fsp3) is 0.875. The van der Waals surface area contributed by atoms with Gasteiger partial charge in [0.1, 0.15) is 0 Å². The fourth-order valence-electron chi connectivity index (χ4n) is 1.22. The number of carbonyl (C=O) groups is 1. The van der Waals surface area contributed by atoms with Gasteiger partial charge in [-0.2, -0.15) is 0 Å². The number of nitrogens with zero attached hydrogens (tertiary/aromatic N) is 1. The minimum Gasteiger partial charge on any atom is -0.465 e. The molecule has 0 aliphatic heterocycles. The van der Waals surface area contributed by atoms with Gasteiger partial charge >= 0.3 is 14.9 Å². The smallest absolute Gasteiger partial charge is 0.465 e. The largest absolute Gasteiger partial charge is 0.501 e. The summed E-state index contributed by atoms with van der Waals surface area (Å²) in [6.07, 6.45) is -0.941. The second-order valence-corrected chi connectivity index (χ2v) is 6.00. The highest BCUT2D eigenvalue weighted by Gasteiger charge is 2.38. The summed E-state index contributed by atoms with van der Waals surface area (Å²) in [5.74, 6) is 0. The van der Waals surface area contributed by atoms with Crippen LogP contribution >= 0.6 is 0 Å². The van der Waals surface area contributed by atoms with Crippen molar-refractivity contribution in [2.75, 3.05) is 34.4 Å². The zero-order valence-electron chi connectivity index (χ0n) is 9.65. The second kappa shape index (κ2) is 6.78. The van der Waals surface area contributed by atoms with Gasteiger partial charge < -0.3 is 23.3 Å². The van der Waals surface area contributed by atoms with Crippen LogP contribution in [0.5, 0.6) is 0 Å². The first-order chi connectivity index (χ1) is 7.05. The molecule has 0 bridgehead atoms. The summed E-state index contributed by atoms with van der Waals surface area (Å²) >= 11 is 0. The Kier molecular flexibility index (Phi) is 6.49. The van der Waals surface area contributed by atoms with Crippen LogP contribution in [0.25, 0.3) is 0 Å². The molecule has 6 nitrogen and oxygen atoms in total. The van der Waals surface area contributed by atoms with Crippen molar-refractivity contribution >= 4 is 14.9 Å². The van der Waals surface area contributed by atoms with Crippen molar-refractivity contribution in [2.24, 2.45) is 0 Å².